The number of amides is 1. The standard InChI is InChI=1S/C26H22N4O4/c1-29-15-21(24(30(32)33)26(29)22-8-4-5-9-23(22)28-25(26)31)17-10-12-20(13-11-17)34-16-19-7-3-2-6-18(19)14-27/h2-13,21,24H,15-16H2,1H3,(H,28,31)/t21-,24+,26+/m1/s1. The van der Waals surface area contributed by atoms with Gasteiger partial charge in [0.05, 0.1) is 17.6 Å². The van der Waals surface area contributed by atoms with Crippen LogP contribution in [0.15, 0.2) is 72.8 Å². The van der Waals surface area contributed by atoms with Crippen molar-refractivity contribution >= 4 is 11.6 Å². The zero-order chi connectivity index (χ0) is 23.9. The fourth-order valence-electron chi connectivity index (χ4n) is 5.31. The summed E-state index contributed by atoms with van der Waals surface area (Å²) in [7, 11) is 1.77. The van der Waals surface area contributed by atoms with Gasteiger partial charge in [0.1, 0.15) is 12.4 Å². The second-order valence-electron chi connectivity index (χ2n) is 8.61. The van der Waals surface area contributed by atoms with Gasteiger partial charge >= 0.3 is 0 Å². The van der Waals surface area contributed by atoms with Gasteiger partial charge in [-0.3, -0.25) is 19.8 Å². The molecular formula is C26H22N4O4. The Morgan fingerprint density at radius 3 is 2.59 bits per heavy atom. The Morgan fingerprint density at radius 1 is 1.15 bits per heavy atom. The lowest BCUT2D eigenvalue weighted by atomic mass is 9.79. The second-order valence-corrected chi connectivity index (χ2v) is 8.61. The molecule has 0 unspecified atom stereocenters. The summed E-state index contributed by atoms with van der Waals surface area (Å²) in [5.74, 6) is -0.249. The molecular weight excluding hydrogens is 432 g/mol. The quantitative estimate of drug-likeness (QED) is 0.466. The first kappa shape index (κ1) is 21.6. The Kier molecular flexibility index (Phi) is 5.27. The van der Waals surface area contributed by atoms with Crippen LogP contribution >= 0.6 is 0 Å². The van der Waals surface area contributed by atoms with Crippen LogP contribution in [0.3, 0.4) is 0 Å². The molecule has 3 atom stereocenters. The highest BCUT2D eigenvalue weighted by Gasteiger charge is 2.68. The van der Waals surface area contributed by atoms with Crippen molar-refractivity contribution in [3.8, 4) is 11.8 Å². The van der Waals surface area contributed by atoms with Crippen molar-refractivity contribution in [1.29, 1.82) is 5.26 Å². The number of carbonyl (C=O) groups is 1. The molecule has 0 saturated carbocycles. The molecule has 8 nitrogen and oxygen atoms in total. The molecule has 0 aliphatic carbocycles. The molecule has 2 aliphatic rings. The summed E-state index contributed by atoms with van der Waals surface area (Å²) in [5, 5.41) is 24.5. The van der Waals surface area contributed by atoms with Crippen molar-refractivity contribution in [2.45, 2.75) is 24.1 Å². The zero-order valence-electron chi connectivity index (χ0n) is 18.5. The number of carbonyl (C=O) groups excluding carboxylic acids is 1. The molecule has 3 aromatic carbocycles. The molecule has 0 radical (unpaired) electrons. The van der Waals surface area contributed by atoms with Gasteiger partial charge in [-0.1, -0.05) is 48.5 Å². The Hall–Kier alpha value is -4.22. The zero-order valence-corrected chi connectivity index (χ0v) is 18.5. The van der Waals surface area contributed by atoms with E-state index in [0.717, 1.165) is 11.1 Å². The number of anilines is 1. The average molecular weight is 454 g/mol. The number of likely N-dealkylation sites (N-methyl/N-ethyl adjacent to an activating group) is 1. The maximum absolute atomic E-state index is 13.2. The summed E-state index contributed by atoms with van der Waals surface area (Å²) < 4.78 is 5.84. The first-order valence-corrected chi connectivity index (χ1v) is 10.9. The summed E-state index contributed by atoms with van der Waals surface area (Å²) in [6, 6.07) is 22.6. The van der Waals surface area contributed by atoms with Crippen molar-refractivity contribution in [2.75, 3.05) is 18.9 Å². The average Bonchev–Trinajstić information content (AvgIpc) is 3.33. The first-order valence-electron chi connectivity index (χ1n) is 10.9. The highest BCUT2D eigenvalue weighted by Crippen LogP contribution is 2.51. The number of benzene rings is 3. The minimum atomic E-state index is -1.36. The van der Waals surface area contributed by atoms with Crippen molar-refractivity contribution in [2.24, 2.45) is 0 Å². The molecule has 8 heteroatoms. The summed E-state index contributed by atoms with van der Waals surface area (Å²) >= 11 is 0. The van der Waals surface area contributed by atoms with Crippen LogP contribution in [0.4, 0.5) is 5.69 Å². The monoisotopic (exact) mass is 454 g/mol. The van der Waals surface area contributed by atoms with Gasteiger partial charge in [0.2, 0.25) is 0 Å². The van der Waals surface area contributed by atoms with E-state index in [2.05, 4.69) is 11.4 Å². The maximum atomic E-state index is 13.2. The van der Waals surface area contributed by atoms with Crippen LogP contribution in [0.5, 0.6) is 5.75 Å². The molecule has 3 aromatic rings. The fraction of sp³-hybridized carbons (Fsp3) is 0.231. The van der Waals surface area contributed by atoms with Crippen LogP contribution < -0.4 is 10.1 Å². The number of fused-ring (bicyclic) bond motifs is 2. The number of nitro groups is 1. The molecule has 5 rings (SSSR count). The topological polar surface area (TPSA) is 108 Å². The number of para-hydroxylation sites is 1. The lowest BCUT2D eigenvalue weighted by molar-refractivity contribution is -0.534. The highest BCUT2D eigenvalue weighted by atomic mass is 16.6. The molecule has 170 valence electrons. The van der Waals surface area contributed by atoms with Gasteiger partial charge in [-0.25, -0.2) is 0 Å². The molecule has 1 spiro atoms. The van der Waals surface area contributed by atoms with Crippen LogP contribution in [0.2, 0.25) is 0 Å². The number of likely N-dealkylation sites (tertiary alicyclic amines) is 1. The van der Waals surface area contributed by atoms with Crippen LogP contribution in [0, 0.1) is 21.4 Å². The van der Waals surface area contributed by atoms with Crippen LogP contribution in [0.1, 0.15) is 28.2 Å². The van der Waals surface area contributed by atoms with E-state index in [4.69, 9.17) is 4.74 Å². The van der Waals surface area contributed by atoms with Gasteiger partial charge in [0.15, 0.2) is 5.54 Å². The largest absolute Gasteiger partial charge is 0.489 e. The lowest BCUT2D eigenvalue weighted by Crippen LogP contribution is -2.54. The van der Waals surface area contributed by atoms with Gasteiger partial charge in [-0.05, 0) is 36.9 Å². The van der Waals surface area contributed by atoms with Crippen molar-refractivity contribution in [3.05, 3.63) is 105 Å². The number of nitriles is 1. The lowest BCUT2D eigenvalue weighted by Gasteiger charge is -2.30. The molecule has 2 aliphatic heterocycles. The van der Waals surface area contributed by atoms with E-state index in [1.54, 1.807) is 60.5 Å². The van der Waals surface area contributed by atoms with Gasteiger partial charge in [0, 0.05) is 28.3 Å². The molecule has 1 saturated heterocycles. The minimum Gasteiger partial charge on any atom is -0.489 e. The molecule has 1 amide bonds. The second kappa shape index (κ2) is 8.28. The summed E-state index contributed by atoms with van der Waals surface area (Å²) in [5.41, 5.74) is 2.01. The predicted octanol–water partition coefficient (Wildman–Crippen LogP) is 3.66. The van der Waals surface area contributed by atoms with Gasteiger partial charge < -0.3 is 10.1 Å². The van der Waals surface area contributed by atoms with Crippen LogP contribution in [-0.2, 0) is 16.9 Å². The summed E-state index contributed by atoms with van der Waals surface area (Å²) in [6.45, 7) is 0.607. The number of ether oxygens (including phenoxy) is 1. The van der Waals surface area contributed by atoms with E-state index >= 15 is 0 Å². The van der Waals surface area contributed by atoms with E-state index in [-0.39, 0.29) is 17.4 Å². The normalized spacial score (nSPS) is 23.4. The van der Waals surface area contributed by atoms with Crippen molar-refractivity contribution in [1.82, 2.24) is 4.90 Å². The highest BCUT2D eigenvalue weighted by molar-refractivity contribution is 6.06. The number of hydrogen-bond donors (Lipinski definition) is 1. The summed E-state index contributed by atoms with van der Waals surface area (Å²) in [4.78, 5) is 27.0. The fourth-order valence-corrected chi connectivity index (χ4v) is 5.31. The minimum absolute atomic E-state index is 0.243. The Balaban J connectivity index is 1.43. The first-order chi connectivity index (χ1) is 16.5. The number of rotatable bonds is 5. The Morgan fingerprint density at radius 2 is 1.85 bits per heavy atom. The van der Waals surface area contributed by atoms with Gasteiger partial charge in [-0.2, -0.15) is 5.26 Å². The molecule has 34 heavy (non-hydrogen) atoms. The smallest absolute Gasteiger partial charge is 0.256 e. The third kappa shape index (κ3) is 3.21. The maximum Gasteiger partial charge on any atom is 0.256 e. The Bertz CT molecular complexity index is 1320. The van der Waals surface area contributed by atoms with Crippen LogP contribution in [0.25, 0.3) is 0 Å². The predicted molar refractivity (Wildman–Crippen MR) is 125 cm³/mol. The van der Waals surface area contributed by atoms with E-state index < -0.39 is 17.5 Å². The Labute approximate surface area is 196 Å². The molecule has 2 heterocycles. The van der Waals surface area contributed by atoms with Crippen molar-refractivity contribution < 1.29 is 14.5 Å². The van der Waals surface area contributed by atoms with E-state index in [1.165, 1.54) is 0 Å². The van der Waals surface area contributed by atoms with Crippen LogP contribution in [-0.4, -0.2) is 35.4 Å². The van der Waals surface area contributed by atoms with Gasteiger partial charge in [-0.15, -0.1) is 0 Å². The van der Waals surface area contributed by atoms with Gasteiger partial charge in [0.25, 0.3) is 11.9 Å². The number of nitrogens with zero attached hydrogens (tertiary/aromatic N) is 3. The number of nitrogens with one attached hydrogen (secondary N) is 1. The van der Waals surface area contributed by atoms with E-state index in [0.29, 0.717) is 29.1 Å². The third-order valence-corrected chi connectivity index (χ3v) is 6.88. The molecule has 1 N–H and O–H groups in total. The molecule has 1 fully saturated rings. The molecule has 0 bridgehead atoms. The molecule has 0 aromatic heterocycles. The third-order valence-electron chi connectivity index (χ3n) is 6.88. The van der Waals surface area contributed by atoms with Crippen molar-refractivity contribution in [3.63, 3.8) is 0 Å². The van der Waals surface area contributed by atoms with E-state index in [9.17, 15) is 20.2 Å². The van der Waals surface area contributed by atoms with E-state index in [1.807, 2.05) is 24.3 Å². The summed E-state index contributed by atoms with van der Waals surface area (Å²) in [6.07, 6.45) is 0. The number of hydrogen-bond acceptors (Lipinski definition) is 6. The SMILES string of the molecule is CN1C[C@H](c2ccc(OCc3ccccc3C#N)cc2)[C@H]([N+](=O)[O-])[C@@]12C(=O)Nc1ccccc12.